The van der Waals surface area contributed by atoms with Crippen LogP contribution >= 0.6 is 22.6 Å². The summed E-state index contributed by atoms with van der Waals surface area (Å²) in [6, 6.07) is 5.03. The number of hydrogen-bond donors (Lipinski definition) is 0. The maximum Gasteiger partial charge on any atom is 0.152 e. The number of rotatable bonds is 1. The molecule has 0 amide bonds. The first kappa shape index (κ1) is 11.1. The number of aromatic nitrogens is 1. The smallest absolute Gasteiger partial charge is 0.152 e. The van der Waals surface area contributed by atoms with Gasteiger partial charge < -0.3 is 4.23 Å². The molecular weight excluding hydrogens is 320 g/mol. The Bertz CT molecular complexity index is 513. The molecule has 15 heavy (non-hydrogen) atoms. The fourth-order valence-corrected chi connectivity index (χ4v) is 4.14. The zero-order chi connectivity index (χ0) is 11.2. The Morgan fingerprint density at radius 3 is 2.53 bits per heavy atom. The fourth-order valence-electron chi connectivity index (χ4n) is 1.71. The third-order valence-electron chi connectivity index (χ3n) is 2.44. The summed E-state index contributed by atoms with van der Waals surface area (Å²) >= 11 is 2.31. The largest absolute Gasteiger partial charge is 0.374 e. The van der Waals surface area contributed by atoms with Gasteiger partial charge in [0.05, 0.1) is 0 Å². The third kappa shape index (κ3) is 1.97. The van der Waals surface area contributed by atoms with Crippen LogP contribution in [0.3, 0.4) is 0 Å². The monoisotopic (exact) mass is 333 g/mol. The van der Waals surface area contributed by atoms with Crippen molar-refractivity contribution in [2.45, 2.75) is 19.6 Å². The van der Waals surface area contributed by atoms with E-state index in [9.17, 15) is 4.39 Å². The van der Waals surface area contributed by atoms with Crippen LogP contribution in [0.25, 0.3) is 10.9 Å². The molecular formula is C11H13FINSi. The maximum absolute atomic E-state index is 13.2. The molecule has 2 aromatic rings. The minimum Gasteiger partial charge on any atom is -0.374 e. The molecule has 0 unspecified atom stereocenters. The van der Waals surface area contributed by atoms with Crippen molar-refractivity contribution in [2.75, 3.05) is 0 Å². The van der Waals surface area contributed by atoms with E-state index in [-0.39, 0.29) is 5.82 Å². The topological polar surface area (TPSA) is 4.93 Å². The molecule has 0 saturated carbocycles. The summed E-state index contributed by atoms with van der Waals surface area (Å²) in [6.45, 7) is 6.77. The first-order valence-corrected chi connectivity index (χ1v) is 9.39. The number of hydrogen-bond acceptors (Lipinski definition) is 0. The van der Waals surface area contributed by atoms with Crippen LogP contribution in [0, 0.1) is 9.39 Å². The Kier molecular flexibility index (Phi) is 2.66. The molecule has 1 aromatic heterocycles. The second-order valence-electron chi connectivity index (χ2n) is 4.68. The van der Waals surface area contributed by atoms with Crippen LogP contribution in [0.5, 0.6) is 0 Å². The quantitative estimate of drug-likeness (QED) is 0.548. The van der Waals surface area contributed by atoms with Crippen molar-refractivity contribution >= 4 is 41.7 Å². The van der Waals surface area contributed by atoms with Crippen LogP contribution < -0.4 is 0 Å². The molecule has 0 aliphatic heterocycles. The van der Waals surface area contributed by atoms with Gasteiger partial charge in [0.25, 0.3) is 0 Å². The molecule has 0 bridgehead atoms. The van der Waals surface area contributed by atoms with Crippen molar-refractivity contribution in [1.82, 2.24) is 4.23 Å². The lowest BCUT2D eigenvalue weighted by molar-refractivity contribution is 0.629. The Hall–Kier alpha value is -0.363. The Morgan fingerprint density at radius 1 is 1.27 bits per heavy atom. The van der Waals surface area contributed by atoms with Gasteiger partial charge in [-0.1, -0.05) is 19.6 Å². The first-order valence-electron chi connectivity index (χ1n) is 4.86. The van der Waals surface area contributed by atoms with E-state index in [1.807, 2.05) is 6.07 Å². The Balaban J connectivity index is 2.81. The van der Waals surface area contributed by atoms with Gasteiger partial charge in [-0.15, -0.1) is 0 Å². The fraction of sp³-hybridized carbons (Fsp3) is 0.273. The van der Waals surface area contributed by atoms with Crippen LogP contribution in [0.4, 0.5) is 4.39 Å². The van der Waals surface area contributed by atoms with E-state index in [1.165, 1.54) is 9.64 Å². The van der Waals surface area contributed by atoms with Gasteiger partial charge >= 0.3 is 0 Å². The van der Waals surface area contributed by atoms with Crippen molar-refractivity contribution in [3.05, 3.63) is 33.8 Å². The highest BCUT2D eigenvalue weighted by molar-refractivity contribution is 14.1. The van der Waals surface area contributed by atoms with Crippen molar-refractivity contribution in [1.29, 1.82) is 0 Å². The average molecular weight is 333 g/mol. The molecule has 1 heterocycles. The van der Waals surface area contributed by atoms with Crippen molar-refractivity contribution < 1.29 is 4.39 Å². The molecule has 2 rings (SSSR count). The normalized spacial score (nSPS) is 12.3. The maximum atomic E-state index is 13.2. The summed E-state index contributed by atoms with van der Waals surface area (Å²) in [5.41, 5.74) is 1.03. The van der Waals surface area contributed by atoms with E-state index >= 15 is 0 Å². The van der Waals surface area contributed by atoms with Gasteiger partial charge in [-0.2, -0.15) is 0 Å². The molecule has 0 fully saturated rings. The third-order valence-corrected chi connectivity index (χ3v) is 5.12. The molecule has 0 radical (unpaired) electrons. The second-order valence-corrected chi connectivity index (χ2v) is 10.7. The zero-order valence-corrected chi connectivity index (χ0v) is 12.2. The highest BCUT2D eigenvalue weighted by Crippen LogP contribution is 2.26. The van der Waals surface area contributed by atoms with Crippen LogP contribution in [0.1, 0.15) is 0 Å². The average Bonchev–Trinajstić information content (AvgIpc) is 2.42. The molecule has 0 atom stereocenters. The van der Waals surface area contributed by atoms with Crippen LogP contribution in [-0.2, 0) is 0 Å². The zero-order valence-electron chi connectivity index (χ0n) is 9.01. The summed E-state index contributed by atoms with van der Waals surface area (Å²) in [5.74, 6) is -0.156. The lowest BCUT2D eigenvalue weighted by atomic mass is 10.2. The number of benzene rings is 1. The summed E-state index contributed by atoms with van der Waals surface area (Å²) in [5, 5.41) is 1.15. The molecule has 4 heteroatoms. The Labute approximate surface area is 104 Å². The molecule has 1 nitrogen and oxygen atoms in total. The SMILES string of the molecule is C[Si](C)(C)n1cc(I)c2ccc(F)cc21. The van der Waals surface area contributed by atoms with E-state index in [0.717, 1.165) is 10.9 Å². The minimum atomic E-state index is -1.45. The van der Waals surface area contributed by atoms with E-state index in [0.29, 0.717) is 0 Å². The highest BCUT2D eigenvalue weighted by Gasteiger charge is 2.20. The van der Waals surface area contributed by atoms with Crippen LogP contribution in [0.15, 0.2) is 24.4 Å². The van der Waals surface area contributed by atoms with Crippen molar-refractivity contribution in [2.24, 2.45) is 0 Å². The van der Waals surface area contributed by atoms with Crippen LogP contribution in [0.2, 0.25) is 19.6 Å². The molecule has 0 aliphatic carbocycles. The second kappa shape index (κ2) is 3.59. The van der Waals surface area contributed by atoms with E-state index in [1.54, 1.807) is 6.07 Å². The summed E-state index contributed by atoms with van der Waals surface area (Å²) < 4.78 is 16.7. The van der Waals surface area contributed by atoms with Gasteiger partial charge in [-0.3, -0.25) is 0 Å². The molecule has 1 aromatic carbocycles. The van der Waals surface area contributed by atoms with Crippen molar-refractivity contribution in [3.63, 3.8) is 0 Å². The van der Waals surface area contributed by atoms with Gasteiger partial charge in [0.1, 0.15) is 5.82 Å². The molecule has 0 N–H and O–H groups in total. The standard InChI is InChI=1S/C11H13FINSi/c1-15(2,3)14-7-10(13)9-5-4-8(12)6-11(9)14/h4-7H,1-3H3. The van der Waals surface area contributed by atoms with Gasteiger partial charge in [0, 0.05) is 20.7 Å². The van der Waals surface area contributed by atoms with Gasteiger partial charge in [0.2, 0.25) is 0 Å². The van der Waals surface area contributed by atoms with E-state index in [2.05, 4.69) is 52.7 Å². The Morgan fingerprint density at radius 2 is 1.93 bits per heavy atom. The predicted molar refractivity (Wildman–Crippen MR) is 73.4 cm³/mol. The number of fused-ring (bicyclic) bond motifs is 1. The van der Waals surface area contributed by atoms with Gasteiger partial charge in [-0.25, -0.2) is 4.39 Å². The van der Waals surface area contributed by atoms with E-state index < -0.39 is 8.24 Å². The molecule has 0 aliphatic rings. The summed E-state index contributed by atoms with van der Waals surface area (Å²) in [7, 11) is -1.45. The first-order chi connectivity index (χ1) is 6.89. The van der Waals surface area contributed by atoms with Gasteiger partial charge in [-0.05, 0) is 40.8 Å². The predicted octanol–water partition coefficient (Wildman–Crippen LogP) is 4.07. The molecule has 0 saturated heterocycles. The minimum absolute atomic E-state index is 0.156. The number of halogens is 2. The number of nitrogens with zero attached hydrogens (tertiary/aromatic N) is 1. The van der Waals surface area contributed by atoms with Crippen LogP contribution in [-0.4, -0.2) is 12.5 Å². The molecule has 0 spiro atoms. The highest BCUT2D eigenvalue weighted by atomic mass is 127. The molecule has 80 valence electrons. The van der Waals surface area contributed by atoms with Crippen molar-refractivity contribution in [3.8, 4) is 0 Å². The summed E-state index contributed by atoms with van der Waals surface area (Å²) in [4.78, 5) is 0. The lowest BCUT2D eigenvalue weighted by Crippen LogP contribution is -2.31. The lowest BCUT2D eigenvalue weighted by Gasteiger charge is -2.19. The summed E-state index contributed by atoms with van der Waals surface area (Å²) in [6.07, 6.45) is 2.14. The van der Waals surface area contributed by atoms with Gasteiger partial charge in [0.15, 0.2) is 8.24 Å². The van der Waals surface area contributed by atoms with E-state index in [4.69, 9.17) is 0 Å².